The SMILES string of the molecule is CNC(CCO)COc1ccc(Cl)cc1. The largest absolute Gasteiger partial charge is 0.492 e. The molecule has 0 fully saturated rings. The van der Waals surface area contributed by atoms with Crippen LogP contribution in [0.2, 0.25) is 5.02 Å². The van der Waals surface area contributed by atoms with Gasteiger partial charge in [-0.1, -0.05) is 11.6 Å². The lowest BCUT2D eigenvalue weighted by molar-refractivity contribution is 0.219. The van der Waals surface area contributed by atoms with Crippen molar-refractivity contribution in [2.24, 2.45) is 0 Å². The fourth-order valence-corrected chi connectivity index (χ4v) is 1.32. The molecule has 1 rings (SSSR count). The van der Waals surface area contributed by atoms with E-state index in [4.69, 9.17) is 21.4 Å². The Balaban J connectivity index is 2.38. The molecule has 0 aliphatic rings. The number of aliphatic hydroxyl groups is 1. The molecule has 0 aliphatic carbocycles. The topological polar surface area (TPSA) is 41.5 Å². The second kappa shape index (κ2) is 6.67. The van der Waals surface area contributed by atoms with Crippen molar-refractivity contribution >= 4 is 11.6 Å². The van der Waals surface area contributed by atoms with Crippen LogP contribution in [-0.2, 0) is 0 Å². The first-order chi connectivity index (χ1) is 7.26. The van der Waals surface area contributed by atoms with Crippen LogP contribution in [0.1, 0.15) is 6.42 Å². The number of likely N-dealkylation sites (N-methyl/N-ethyl adjacent to an activating group) is 1. The Bertz CT molecular complexity index is 276. The average Bonchev–Trinajstić information content (AvgIpc) is 2.26. The van der Waals surface area contributed by atoms with Crippen molar-refractivity contribution < 1.29 is 9.84 Å². The van der Waals surface area contributed by atoms with Crippen LogP contribution in [0.25, 0.3) is 0 Å². The van der Waals surface area contributed by atoms with Gasteiger partial charge in [-0.25, -0.2) is 0 Å². The van der Waals surface area contributed by atoms with Gasteiger partial charge in [-0.2, -0.15) is 0 Å². The van der Waals surface area contributed by atoms with Crippen LogP contribution in [0.5, 0.6) is 5.75 Å². The van der Waals surface area contributed by atoms with Gasteiger partial charge in [0.2, 0.25) is 0 Å². The second-order valence-corrected chi connectivity index (χ2v) is 3.70. The van der Waals surface area contributed by atoms with Crippen LogP contribution in [0.3, 0.4) is 0 Å². The number of halogens is 1. The van der Waals surface area contributed by atoms with Crippen LogP contribution in [0.4, 0.5) is 0 Å². The number of hydrogen-bond donors (Lipinski definition) is 2. The minimum Gasteiger partial charge on any atom is -0.492 e. The highest BCUT2D eigenvalue weighted by molar-refractivity contribution is 6.30. The molecule has 3 nitrogen and oxygen atoms in total. The Kier molecular flexibility index (Phi) is 5.47. The molecule has 0 bridgehead atoms. The second-order valence-electron chi connectivity index (χ2n) is 3.26. The number of hydrogen-bond acceptors (Lipinski definition) is 3. The van der Waals surface area contributed by atoms with Gasteiger partial charge in [0, 0.05) is 17.7 Å². The Morgan fingerprint density at radius 1 is 1.40 bits per heavy atom. The minimum absolute atomic E-state index is 0.162. The molecule has 0 aromatic heterocycles. The number of rotatable bonds is 6. The van der Waals surface area contributed by atoms with E-state index in [1.165, 1.54) is 0 Å². The van der Waals surface area contributed by atoms with E-state index < -0.39 is 0 Å². The molecule has 2 N–H and O–H groups in total. The van der Waals surface area contributed by atoms with Crippen molar-refractivity contribution in [3.05, 3.63) is 29.3 Å². The molecule has 0 aliphatic heterocycles. The molecule has 0 heterocycles. The quantitative estimate of drug-likeness (QED) is 0.780. The minimum atomic E-state index is 0.162. The van der Waals surface area contributed by atoms with E-state index in [2.05, 4.69) is 5.32 Å². The zero-order valence-corrected chi connectivity index (χ0v) is 9.50. The molecule has 0 spiro atoms. The Labute approximate surface area is 95.0 Å². The highest BCUT2D eigenvalue weighted by Crippen LogP contribution is 2.15. The van der Waals surface area contributed by atoms with E-state index in [1.807, 2.05) is 19.2 Å². The zero-order chi connectivity index (χ0) is 11.1. The van der Waals surface area contributed by atoms with Crippen LogP contribution in [0, 0.1) is 0 Å². The van der Waals surface area contributed by atoms with Gasteiger partial charge in [-0.15, -0.1) is 0 Å². The first kappa shape index (κ1) is 12.3. The maximum Gasteiger partial charge on any atom is 0.119 e. The number of benzene rings is 1. The Hall–Kier alpha value is -0.770. The third-order valence-electron chi connectivity index (χ3n) is 2.15. The molecule has 0 saturated heterocycles. The predicted molar refractivity (Wildman–Crippen MR) is 61.5 cm³/mol. The normalized spacial score (nSPS) is 12.5. The highest BCUT2D eigenvalue weighted by atomic mass is 35.5. The summed E-state index contributed by atoms with van der Waals surface area (Å²) in [6.07, 6.45) is 0.685. The van der Waals surface area contributed by atoms with E-state index in [1.54, 1.807) is 12.1 Å². The molecule has 0 saturated carbocycles. The molecule has 84 valence electrons. The van der Waals surface area contributed by atoms with E-state index >= 15 is 0 Å². The predicted octanol–water partition coefficient (Wildman–Crippen LogP) is 1.69. The summed E-state index contributed by atoms with van der Waals surface area (Å²) in [5.41, 5.74) is 0. The maximum atomic E-state index is 8.79. The smallest absolute Gasteiger partial charge is 0.119 e. The van der Waals surface area contributed by atoms with Gasteiger partial charge in [0.1, 0.15) is 12.4 Å². The molecular formula is C11H16ClNO2. The lowest BCUT2D eigenvalue weighted by Crippen LogP contribution is -2.32. The summed E-state index contributed by atoms with van der Waals surface area (Å²) in [6, 6.07) is 7.40. The van der Waals surface area contributed by atoms with Crippen molar-refractivity contribution in [2.45, 2.75) is 12.5 Å². The summed E-state index contributed by atoms with van der Waals surface area (Å²) in [5, 5.41) is 12.6. The molecule has 1 aromatic carbocycles. The van der Waals surface area contributed by atoms with Gasteiger partial charge >= 0.3 is 0 Å². The lowest BCUT2D eigenvalue weighted by atomic mass is 10.2. The fourth-order valence-electron chi connectivity index (χ4n) is 1.19. The number of nitrogens with one attached hydrogen (secondary N) is 1. The van der Waals surface area contributed by atoms with Crippen molar-refractivity contribution in [2.75, 3.05) is 20.3 Å². The third kappa shape index (κ3) is 4.51. The summed E-state index contributed by atoms with van der Waals surface area (Å²) in [6.45, 7) is 0.703. The summed E-state index contributed by atoms with van der Waals surface area (Å²) >= 11 is 5.75. The maximum absolute atomic E-state index is 8.79. The van der Waals surface area contributed by atoms with Gasteiger partial charge in [0.15, 0.2) is 0 Å². The average molecular weight is 230 g/mol. The summed E-state index contributed by atoms with van der Waals surface area (Å²) in [5.74, 6) is 0.789. The molecule has 4 heteroatoms. The van der Waals surface area contributed by atoms with E-state index in [0.29, 0.717) is 18.1 Å². The third-order valence-corrected chi connectivity index (χ3v) is 2.40. The molecule has 15 heavy (non-hydrogen) atoms. The van der Waals surface area contributed by atoms with Crippen molar-refractivity contribution in [3.8, 4) is 5.75 Å². The first-order valence-corrected chi connectivity index (χ1v) is 5.30. The molecule has 1 aromatic rings. The van der Waals surface area contributed by atoms with Gasteiger partial charge in [-0.3, -0.25) is 0 Å². The number of ether oxygens (including phenoxy) is 1. The highest BCUT2D eigenvalue weighted by Gasteiger charge is 2.05. The van der Waals surface area contributed by atoms with Crippen molar-refractivity contribution in [1.82, 2.24) is 5.32 Å². The lowest BCUT2D eigenvalue weighted by Gasteiger charge is -2.15. The van der Waals surface area contributed by atoms with Crippen molar-refractivity contribution in [3.63, 3.8) is 0 Å². The zero-order valence-electron chi connectivity index (χ0n) is 8.74. The summed E-state index contributed by atoms with van der Waals surface area (Å²) < 4.78 is 5.53. The Morgan fingerprint density at radius 3 is 2.60 bits per heavy atom. The summed E-state index contributed by atoms with van der Waals surface area (Å²) in [7, 11) is 1.85. The van der Waals surface area contributed by atoms with Crippen LogP contribution in [0.15, 0.2) is 24.3 Å². The molecule has 0 amide bonds. The Morgan fingerprint density at radius 2 is 2.07 bits per heavy atom. The molecular weight excluding hydrogens is 214 g/mol. The van der Waals surface area contributed by atoms with Gasteiger partial charge < -0.3 is 15.2 Å². The van der Waals surface area contributed by atoms with Gasteiger partial charge in [0.05, 0.1) is 0 Å². The van der Waals surface area contributed by atoms with Crippen molar-refractivity contribution in [1.29, 1.82) is 0 Å². The monoisotopic (exact) mass is 229 g/mol. The molecule has 0 radical (unpaired) electrons. The standard InChI is InChI=1S/C11H16ClNO2/c1-13-10(6-7-14)8-15-11-4-2-9(12)3-5-11/h2-5,10,13-14H,6-8H2,1H3. The molecule has 1 atom stereocenters. The van der Waals surface area contributed by atoms with Gasteiger partial charge in [0.25, 0.3) is 0 Å². The summed E-state index contributed by atoms with van der Waals surface area (Å²) in [4.78, 5) is 0. The molecule has 1 unspecified atom stereocenters. The van der Waals surface area contributed by atoms with Gasteiger partial charge in [-0.05, 0) is 37.7 Å². The van der Waals surface area contributed by atoms with E-state index in [9.17, 15) is 0 Å². The fraction of sp³-hybridized carbons (Fsp3) is 0.455. The number of aliphatic hydroxyl groups excluding tert-OH is 1. The van der Waals surface area contributed by atoms with E-state index in [0.717, 1.165) is 5.75 Å². The van der Waals surface area contributed by atoms with Crippen LogP contribution < -0.4 is 10.1 Å². The van der Waals surface area contributed by atoms with E-state index in [-0.39, 0.29) is 12.6 Å². The van der Waals surface area contributed by atoms with Crippen LogP contribution >= 0.6 is 11.6 Å². The van der Waals surface area contributed by atoms with Crippen LogP contribution in [-0.4, -0.2) is 31.4 Å². The first-order valence-electron chi connectivity index (χ1n) is 4.92.